The lowest BCUT2D eigenvalue weighted by atomic mass is 9.89. The van der Waals surface area contributed by atoms with Gasteiger partial charge in [-0.3, -0.25) is 4.68 Å². The smallest absolute Gasteiger partial charge is 0.115 e. The van der Waals surface area contributed by atoms with E-state index in [4.69, 9.17) is 0 Å². The molecule has 2 heterocycles. The van der Waals surface area contributed by atoms with E-state index in [-0.39, 0.29) is 5.41 Å². The van der Waals surface area contributed by atoms with Crippen molar-refractivity contribution in [1.29, 1.82) is 0 Å². The number of rotatable bonds is 3. The van der Waals surface area contributed by atoms with Gasteiger partial charge >= 0.3 is 0 Å². The molecule has 3 rings (SSSR count). The highest BCUT2D eigenvalue weighted by atomic mass is 15.4. The Bertz CT molecular complexity index is 806. The summed E-state index contributed by atoms with van der Waals surface area (Å²) in [5.41, 5.74) is 5.35. The zero-order valence-corrected chi connectivity index (χ0v) is 13.8. The fourth-order valence-electron chi connectivity index (χ4n) is 2.65. The van der Waals surface area contributed by atoms with Crippen molar-refractivity contribution in [2.45, 2.75) is 32.7 Å². The summed E-state index contributed by atoms with van der Waals surface area (Å²) >= 11 is 0. The van der Waals surface area contributed by atoms with E-state index >= 15 is 0 Å². The standard InChI is InChI=1S/C16H22N6/c1-16(2,3)15-11(10-21(4)19-15)9-17-12-6-7-14-13(8-12)18-20-22(14)5/h6-8,10,17H,9H2,1-5H3. The second-order valence-electron chi connectivity index (χ2n) is 6.70. The van der Waals surface area contributed by atoms with E-state index in [1.54, 1.807) is 4.68 Å². The van der Waals surface area contributed by atoms with Crippen LogP contribution in [0.15, 0.2) is 24.4 Å². The SMILES string of the molecule is Cn1cc(CNc2ccc3c(c2)nnn3C)c(C(C)(C)C)n1. The molecule has 0 aliphatic heterocycles. The largest absolute Gasteiger partial charge is 0.381 e. The minimum absolute atomic E-state index is 0.0349. The number of nitrogens with zero attached hydrogens (tertiary/aromatic N) is 5. The summed E-state index contributed by atoms with van der Waals surface area (Å²) < 4.78 is 3.65. The van der Waals surface area contributed by atoms with Crippen molar-refractivity contribution < 1.29 is 0 Å². The third-order valence-corrected chi connectivity index (χ3v) is 3.71. The molecule has 0 radical (unpaired) electrons. The number of aryl methyl sites for hydroxylation is 2. The molecule has 1 N–H and O–H groups in total. The van der Waals surface area contributed by atoms with Gasteiger partial charge in [-0.1, -0.05) is 26.0 Å². The van der Waals surface area contributed by atoms with Crippen molar-refractivity contribution in [2.24, 2.45) is 14.1 Å². The average Bonchev–Trinajstić information content (AvgIpc) is 3.00. The third-order valence-electron chi connectivity index (χ3n) is 3.71. The van der Waals surface area contributed by atoms with Crippen molar-refractivity contribution in [3.63, 3.8) is 0 Å². The molecule has 116 valence electrons. The molecular weight excluding hydrogens is 276 g/mol. The maximum atomic E-state index is 4.60. The normalized spacial score (nSPS) is 12.0. The highest BCUT2D eigenvalue weighted by Crippen LogP contribution is 2.25. The Labute approximate surface area is 130 Å². The first-order chi connectivity index (χ1) is 10.3. The number of fused-ring (bicyclic) bond motifs is 1. The van der Waals surface area contributed by atoms with Crippen molar-refractivity contribution in [3.05, 3.63) is 35.7 Å². The van der Waals surface area contributed by atoms with E-state index in [1.165, 1.54) is 5.56 Å². The first kappa shape index (κ1) is 14.6. The molecular formula is C16H22N6. The van der Waals surface area contributed by atoms with Crippen LogP contribution < -0.4 is 5.32 Å². The van der Waals surface area contributed by atoms with E-state index in [0.29, 0.717) is 0 Å². The molecule has 0 aliphatic carbocycles. The van der Waals surface area contributed by atoms with Crippen LogP contribution >= 0.6 is 0 Å². The van der Waals surface area contributed by atoms with E-state index in [0.717, 1.165) is 29.0 Å². The van der Waals surface area contributed by atoms with Crippen LogP contribution in [-0.2, 0) is 26.1 Å². The minimum atomic E-state index is 0.0349. The lowest BCUT2D eigenvalue weighted by molar-refractivity contribution is 0.549. The Morgan fingerprint density at radius 1 is 1.18 bits per heavy atom. The van der Waals surface area contributed by atoms with Crippen LogP contribution in [0, 0.1) is 0 Å². The van der Waals surface area contributed by atoms with Gasteiger partial charge in [-0.2, -0.15) is 5.10 Å². The van der Waals surface area contributed by atoms with Gasteiger partial charge in [0.25, 0.3) is 0 Å². The van der Waals surface area contributed by atoms with Crippen LogP contribution in [0.5, 0.6) is 0 Å². The quantitative estimate of drug-likeness (QED) is 0.807. The van der Waals surface area contributed by atoms with Crippen LogP contribution in [0.2, 0.25) is 0 Å². The van der Waals surface area contributed by atoms with Crippen LogP contribution in [-0.4, -0.2) is 24.8 Å². The summed E-state index contributed by atoms with van der Waals surface area (Å²) in [5, 5.41) is 16.2. The summed E-state index contributed by atoms with van der Waals surface area (Å²) in [6, 6.07) is 6.11. The zero-order chi connectivity index (χ0) is 15.9. The maximum Gasteiger partial charge on any atom is 0.115 e. The van der Waals surface area contributed by atoms with E-state index in [1.807, 2.05) is 30.9 Å². The number of aromatic nitrogens is 5. The van der Waals surface area contributed by atoms with Gasteiger partial charge in [-0.05, 0) is 18.2 Å². The van der Waals surface area contributed by atoms with E-state index < -0.39 is 0 Å². The molecule has 0 spiro atoms. The van der Waals surface area contributed by atoms with Gasteiger partial charge < -0.3 is 5.32 Å². The molecule has 0 aliphatic rings. The van der Waals surface area contributed by atoms with Crippen molar-refractivity contribution in [2.75, 3.05) is 5.32 Å². The number of benzene rings is 1. The Hall–Kier alpha value is -2.37. The van der Waals surface area contributed by atoms with Crippen LogP contribution in [0.4, 0.5) is 5.69 Å². The first-order valence-corrected chi connectivity index (χ1v) is 7.41. The van der Waals surface area contributed by atoms with Crippen LogP contribution in [0.3, 0.4) is 0 Å². The molecule has 0 bridgehead atoms. The summed E-state index contributed by atoms with van der Waals surface area (Å²) in [5.74, 6) is 0. The topological polar surface area (TPSA) is 60.6 Å². The molecule has 3 aromatic rings. The first-order valence-electron chi connectivity index (χ1n) is 7.41. The van der Waals surface area contributed by atoms with E-state index in [2.05, 4.69) is 53.8 Å². The Balaban J connectivity index is 1.82. The van der Waals surface area contributed by atoms with Gasteiger partial charge in [-0.15, -0.1) is 5.10 Å². The van der Waals surface area contributed by atoms with Gasteiger partial charge in [-0.25, -0.2) is 4.68 Å². The second-order valence-corrected chi connectivity index (χ2v) is 6.70. The molecule has 22 heavy (non-hydrogen) atoms. The second kappa shape index (κ2) is 5.12. The number of hydrogen-bond acceptors (Lipinski definition) is 4. The van der Waals surface area contributed by atoms with Gasteiger partial charge in [0, 0.05) is 43.5 Å². The van der Waals surface area contributed by atoms with Gasteiger partial charge in [0.15, 0.2) is 0 Å². The monoisotopic (exact) mass is 298 g/mol. The summed E-state index contributed by atoms with van der Waals surface area (Å²) in [6.07, 6.45) is 2.08. The van der Waals surface area contributed by atoms with Gasteiger partial charge in [0.1, 0.15) is 5.52 Å². The molecule has 6 nitrogen and oxygen atoms in total. The molecule has 0 saturated carbocycles. The molecule has 0 amide bonds. The lowest BCUT2D eigenvalue weighted by Crippen LogP contribution is -2.16. The molecule has 0 unspecified atom stereocenters. The van der Waals surface area contributed by atoms with E-state index in [9.17, 15) is 0 Å². The fraction of sp³-hybridized carbons (Fsp3) is 0.438. The summed E-state index contributed by atoms with van der Waals surface area (Å²) in [7, 11) is 3.86. The summed E-state index contributed by atoms with van der Waals surface area (Å²) in [4.78, 5) is 0. The predicted octanol–water partition coefficient (Wildman–Crippen LogP) is 2.61. The van der Waals surface area contributed by atoms with Crippen molar-refractivity contribution in [3.8, 4) is 0 Å². The fourth-order valence-corrected chi connectivity index (χ4v) is 2.65. The molecule has 1 aromatic carbocycles. The highest BCUT2D eigenvalue weighted by Gasteiger charge is 2.21. The van der Waals surface area contributed by atoms with Crippen LogP contribution in [0.25, 0.3) is 11.0 Å². The average molecular weight is 298 g/mol. The number of hydrogen-bond donors (Lipinski definition) is 1. The zero-order valence-electron chi connectivity index (χ0n) is 13.8. The maximum absolute atomic E-state index is 4.60. The number of nitrogens with one attached hydrogen (secondary N) is 1. The predicted molar refractivity (Wildman–Crippen MR) is 87.7 cm³/mol. The highest BCUT2D eigenvalue weighted by molar-refractivity contribution is 5.78. The van der Waals surface area contributed by atoms with Gasteiger partial charge in [0.2, 0.25) is 0 Å². The Kier molecular flexibility index (Phi) is 3.39. The third kappa shape index (κ3) is 2.68. The molecule has 0 saturated heterocycles. The molecule has 6 heteroatoms. The van der Waals surface area contributed by atoms with Gasteiger partial charge in [0.05, 0.1) is 11.2 Å². The lowest BCUT2D eigenvalue weighted by Gasteiger charge is -2.17. The number of anilines is 1. The Morgan fingerprint density at radius 3 is 2.68 bits per heavy atom. The summed E-state index contributed by atoms with van der Waals surface area (Å²) in [6.45, 7) is 7.30. The molecule has 0 atom stereocenters. The molecule has 2 aromatic heterocycles. The van der Waals surface area contributed by atoms with Crippen molar-refractivity contribution in [1.82, 2.24) is 24.8 Å². The minimum Gasteiger partial charge on any atom is -0.381 e. The molecule has 0 fully saturated rings. The Morgan fingerprint density at radius 2 is 1.95 bits per heavy atom. The van der Waals surface area contributed by atoms with Crippen molar-refractivity contribution >= 4 is 16.7 Å². The van der Waals surface area contributed by atoms with Crippen LogP contribution in [0.1, 0.15) is 32.0 Å².